The Balaban J connectivity index is 1.81. The Kier molecular flexibility index (Phi) is 14.7. The fraction of sp³-hybridized carbons (Fsp3) is 0.432. The van der Waals surface area contributed by atoms with Gasteiger partial charge in [-0.2, -0.15) is 0 Å². The first-order chi connectivity index (χ1) is 22.1. The van der Waals surface area contributed by atoms with Gasteiger partial charge in [0.15, 0.2) is 0 Å². The minimum Gasteiger partial charge on any atom is -0.489 e. The summed E-state index contributed by atoms with van der Waals surface area (Å²) in [5.41, 5.74) is 7.99. The lowest BCUT2D eigenvalue weighted by Crippen LogP contribution is -2.49. The molecule has 0 bridgehead atoms. The van der Waals surface area contributed by atoms with Crippen molar-refractivity contribution in [3.05, 3.63) is 101 Å². The molecule has 46 heavy (non-hydrogen) atoms. The molecule has 5 N–H and O–H groups in total. The second-order valence-electron chi connectivity index (χ2n) is 12.1. The van der Waals surface area contributed by atoms with Gasteiger partial charge in [-0.05, 0) is 79.6 Å². The Labute approximate surface area is 273 Å². The van der Waals surface area contributed by atoms with E-state index in [0.29, 0.717) is 37.8 Å². The van der Waals surface area contributed by atoms with E-state index in [1.54, 1.807) is 4.90 Å². The van der Waals surface area contributed by atoms with E-state index in [-0.39, 0.29) is 29.1 Å². The molecule has 3 aromatic rings. The molecule has 0 fully saturated rings. The van der Waals surface area contributed by atoms with Gasteiger partial charge in [-0.25, -0.2) is 0 Å². The molecule has 2 atom stereocenters. The zero-order valence-corrected chi connectivity index (χ0v) is 27.6. The molecule has 0 spiro atoms. The molecule has 3 aromatic carbocycles. The maximum Gasteiger partial charge on any atom is 0.253 e. The van der Waals surface area contributed by atoms with Crippen LogP contribution in [0.25, 0.3) is 0 Å². The van der Waals surface area contributed by atoms with Crippen LogP contribution < -0.4 is 21.1 Å². The lowest BCUT2D eigenvalue weighted by molar-refractivity contribution is 0.0755. The molecule has 0 radical (unpaired) electrons. The molecule has 3 amide bonds. The van der Waals surface area contributed by atoms with Crippen molar-refractivity contribution in [3.63, 3.8) is 0 Å². The monoisotopic (exact) mass is 630 g/mol. The van der Waals surface area contributed by atoms with Crippen molar-refractivity contribution in [1.29, 1.82) is 0 Å². The number of carbonyl (C=O) groups excluding carboxylic acids is 3. The van der Waals surface area contributed by atoms with Gasteiger partial charge in [-0.3, -0.25) is 14.4 Å². The Hall–Kier alpha value is -4.21. The summed E-state index contributed by atoms with van der Waals surface area (Å²) >= 11 is 0. The topological polar surface area (TPSA) is 134 Å². The maximum atomic E-state index is 13.7. The number of nitrogens with two attached hydrogens (primary N) is 1. The number of nitrogens with zero attached hydrogens (tertiary/aromatic N) is 1. The number of hydrogen-bond donors (Lipinski definition) is 4. The summed E-state index contributed by atoms with van der Waals surface area (Å²) in [6.45, 7) is 10.8. The van der Waals surface area contributed by atoms with E-state index in [4.69, 9.17) is 10.5 Å². The van der Waals surface area contributed by atoms with Crippen LogP contribution in [-0.4, -0.2) is 66.1 Å². The smallest absolute Gasteiger partial charge is 0.253 e. The highest BCUT2D eigenvalue weighted by Gasteiger charge is 2.25. The average molecular weight is 631 g/mol. The van der Waals surface area contributed by atoms with Crippen LogP contribution in [0.4, 0.5) is 0 Å². The highest BCUT2D eigenvalue weighted by Crippen LogP contribution is 2.18. The van der Waals surface area contributed by atoms with Crippen molar-refractivity contribution in [2.24, 2.45) is 11.7 Å². The molecule has 0 saturated heterocycles. The van der Waals surface area contributed by atoms with E-state index in [1.807, 2.05) is 68.4 Å². The second kappa shape index (κ2) is 18.7. The van der Waals surface area contributed by atoms with Crippen LogP contribution in [-0.2, 0) is 13.0 Å². The number of aliphatic hydroxyl groups excluding tert-OH is 1. The first kappa shape index (κ1) is 36.3. The maximum absolute atomic E-state index is 13.7. The van der Waals surface area contributed by atoms with Crippen molar-refractivity contribution in [1.82, 2.24) is 15.5 Å². The van der Waals surface area contributed by atoms with E-state index in [0.717, 1.165) is 36.9 Å². The molecule has 9 nitrogen and oxygen atoms in total. The molecule has 0 aliphatic heterocycles. The predicted molar refractivity (Wildman–Crippen MR) is 182 cm³/mol. The fourth-order valence-electron chi connectivity index (χ4n) is 5.10. The summed E-state index contributed by atoms with van der Waals surface area (Å²) in [5, 5.41) is 17.5. The Morgan fingerprint density at radius 2 is 1.50 bits per heavy atom. The Morgan fingerprint density at radius 3 is 2.11 bits per heavy atom. The van der Waals surface area contributed by atoms with E-state index >= 15 is 0 Å². The lowest BCUT2D eigenvalue weighted by Gasteiger charge is -2.26. The summed E-state index contributed by atoms with van der Waals surface area (Å²) in [4.78, 5) is 41.0. The molecule has 0 saturated carbocycles. The third-order valence-corrected chi connectivity index (χ3v) is 7.66. The SMILES string of the molecule is CCCN(CCC)C(=O)c1cc(C(N)=O)cc(C(=O)N[C@@H](Cc2ccc(OCc3ccccc3)cc2)[C@H](O)CNCCC(C)C)c1. The zero-order chi connectivity index (χ0) is 33.5. The molecule has 0 unspecified atom stereocenters. The Bertz CT molecular complexity index is 1390. The number of amides is 3. The van der Waals surface area contributed by atoms with Gasteiger partial charge in [0.1, 0.15) is 12.4 Å². The highest BCUT2D eigenvalue weighted by molar-refractivity contribution is 6.04. The first-order valence-corrected chi connectivity index (χ1v) is 16.3. The molecule has 0 aliphatic carbocycles. The third kappa shape index (κ3) is 11.6. The van der Waals surface area contributed by atoms with E-state index < -0.39 is 24.0 Å². The molecule has 0 aromatic heterocycles. The van der Waals surface area contributed by atoms with Gasteiger partial charge in [0.05, 0.1) is 12.1 Å². The zero-order valence-electron chi connectivity index (χ0n) is 27.6. The highest BCUT2D eigenvalue weighted by atomic mass is 16.5. The van der Waals surface area contributed by atoms with Crippen molar-refractivity contribution < 1.29 is 24.2 Å². The lowest BCUT2D eigenvalue weighted by atomic mass is 9.99. The number of aliphatic hydroxyl groups is 1. The van der Waals surface area contributed by atoms with E-state index in [9.17, 15) is 19.5 Å². The van der Waals surface area contributed by atoms with Crippen molar-refractivity contribution in [2.75, 3.05) is 26.2 Å². The number of nitrogens with one attached hydrogen (secondary N) is 2. The van der Waals surface area contributed by atoms with E-state index in [2.05, 4.69) is 24.5 Å². The van der Waals surface area contributed by atoms with Crippen molar-refractivity contribution >= 4 is 17.7 Å². The van der Waals surface area contributed by atoms with Crippen LogP contribution in [0.2, 0.25) is 0 Å². The Morgan fingerprint density at radius 1 is 0.870 bits per heavy atom. The van der Waals surface area contributed by atoms with Gasteiger partial charge >= 0.3 is 0 Å². The fourth-order valence-corrected chi connectivity index (χ4v) is 5.10. The molecule has 9 heteroatoms. The first-order valence-electron chi connectivity index (χ1n) is 16.3. The molecular formula is C37H50N4O5. The number of ether oxygens (including phenoxy) is 1. The quantitative estimate of drug-likeness (QED) is 0.138. The van der Waals surface area contributed by atoms with Gasteiger partial charge in [-0.15, -0.1) is 0 Å². The molecular weight excluding hydrogens is 580 g/mol. The number of rotatable bonds is 19. The van der Waals surface area contributed by atoms with Gasteiger partial charge in [0.2, 0.25) is 5.91 Å². The van der Waals surface area contributed by atoms with Crippen LogP contribution in [0, 0.1) is 5.92 Å². The minimum atomic E-state index is -0.907. The second-order valence-corrected chi connectivity index (χ2v) is 12.1. The van der Waals surface area contributed by atoms with Crippen molar-refractivity contribution in [2.45, 2.75) is 72.1 Å². The third-order valence-electron chi connectivity index (χ3n) is 7.66. The predicted octanol–water partition coefficient (Wildman–Crippen LogP) is 4.96. The number of carbonyl (C=O) groups is 3. The number of hydrogen-bond acceptors (Lipinski definition) is 6. The van der Waals surface area contributed by atoms with Crippen molar-refractivity contribution in [3.8, 4) is 5.75 Å². The normalized spacial score (nSPS) is 12.4. The summed E-state index contributed by atoms with van der Waals surface area (Å²) in [7, 11) is 0. The summed E-state index contributed by atoms with van der Waals surface area (Å²) in [6.07, 6.45) is 1.95. The number of primary amides is 1. The minimum absolute atomic E-state index is 0.0717. The summed E-state index contributed by atoms with van der Waals surface area (Å²) < 4.78 is 5.92. The van der Waals surface area contributed by atoms with Crippen LogP contribution >= 0.6 is 0 Å². The molecule has 3 rings (SSSR count). The summed E-state index contributed by atoms with van der Waals surface area (Å²) in [5.74, 6) is -0.278. The standard InChI is InChI=1S/C37H50N4O5/c1-5-18-41(19-6-2)37(45)31-22-29(35(38)43)21-30(23-31)36(44)40-33(34(42)24-39-17-16-26(3)4)20-27-12-14-32(15-13-27)46-25-28-10-8-7-9-11-28/h7-15,21-23,26,33-34,39,42H,5-6,16-20,24-25H2,1-4H3,(H2,38,43)(H,40,44)/t33-,34+/m0/s1. The summed E-state index contributed by atoms with van der Waals surface area (Å²) in [6, 6.07) is 21.1. The van der Waals surface area contributed by atoms with Crippen LogP contribution in [0.1, 0.15) is 89.2 Å². The molecule has 0 aliphatic rings. The largest absolute Gasteiger partial charge is 0.489 e. The molecule has 0 heterocycles. The van der Waals surface area contributed by atoms with Gasteiger partial charge in [0.25, 0.3) is 11.8 Å². The van der Waals surface area contributed by atoms with Gasteiger partial charge in [-0.1, -0.05) is 70.2 Å². The van der Waals surface area contributed by atoms with Crippen LogP contribution in [0.5, 0.6) is 5.75 Å². The van der Waals surface area contributed by atoms with Crippen LogP contribution in [0.15, 0.2) is 72.8 Å². The van der Waals surface area contributed by atoms with Gasteiger partial charge < -0.3 is 31.1 Å². The average Bonchev–Trinajstić information content (AvgIpc) is 3.05. The van der Waals surface area contributed by atoms with Crippen LogP contribution in [0.3, 0.4) is 0 Å². The van der Waals surface area contributed by atoms with E-state index in [1.165, 1.54) is 18.2 Å². The molecule has 248 valence electrons. The van der Waals surface area contributed by atoms with Gasteiger partial charge in [0, 0.05) is 36.3 Å². The number of benzene rings is 3.